The second kappa shape index (κ2) is 7.92. The molecule has 2 N–H and O–H groups in total. The Bertz CT molecular complexity index is 1340. The minimum Gasteiger partial charge on any atom is -0.304 e. The van der Waals surface area contributed by atoms with E-state index in [9.17, 15) is 18.4 Å². The molecule has 4 heterocycles. The molecule has 4 aromatic rings. The number of hydrogen-bond donors (Lipinski definition) is 2. The van der Waals surface area contributed by atoms with Crippen LogP contribution in [-0.2, 0) is 0 Å². The van der Waals surface area contributed by atoms with Gasteiger partial charge in [0, 0.05) is 12.4 Å². The summed E-state index contributed by atoms with van der Waals surface area (Å²) in [6, 6.07) is 0. The highest BCUT2D eigenvalue weighted by Crippen LogP contribution is 2.26. The van der Waals surface area contributed by atoms with Crippen LogP contribution in [0.5, 0.6) is 0 Å². The summed E-state index contributed by atoms with van der Waals surface area (Å²) in [6.07, 6.45) is 2.38. The third kappa shape index (κ3) is 3.90. The number of H-pyrrole nitrogens is 2. The molecule has 0 aliphatic carbocycles. The first-order valence-corrected chi connectivity index (χ1v) is 8.49. The standard InChI is InChI=1S/C7HCl3FN3.C7H3ClFN3O2/c8-5-2-1-12-6(9)3(11)4(2)13-7(10)14-5;8-5-3(9)4-2(1-10-5)6(13)12-7(14)11-4/h1H;1H,(H2,11,12,13,14). The molecule has 144 valence electrons. The molecule has 8 nitrogen and oxygen atoms in total. The van der Waals surface area contributed by atoms with Crippen LogP contribution in [0.3, 0.4) is 0 Å². The van der Waals surface area contributed by atoms with Crippen LogP contribution in [0.4, 0.5) is 8.78 Å². The smallest absolute Gasteiger partial charge is 0.304 e. The van der Waals surface area contributed by atoms with Gasteiger partial charge in [-0.05, 0) is 11.6 Å². The Morgan fingerprint density at radius 1 is 0.786 bits per heavy atom. The van der Waals surface area contributed by atoms with E-state index in [-0.39, 0.29) is 37.4 Å². The molecule has 4 aromatic heterocycles. The van der Waals surface area contributed by atoms with Crippen molar-refractivity contribution in [1.29, 1.82) is 0 Å². The number of rotatable bonds is 0. The predicted octanol–water partition coefficient (Wildman–Crippen LogP) is 3.53. The first-order valence-electron chi connectivity index (χ1n) is 6.98. The fourth-order valence-electron chi connectivity index (χ4n) is 2.05. The summed E-state index contributed by atoms with van der Waals surface area (Å²) in [4.78, 5) is 40.4. The number of pyridine rings is 2. The van der Waals surface area contributed by atoms with E-state index in [0.29, 0.717) is 0 Å². The molecule has 0 aliphatic heterocycles. The Balaban J connectivity index is 0.000000161. The van der Waals surface area contributed by atoms with Gasteiger partial charge in [0.25, 0.3) is 5.56 Å². The molecule has 0 unspecified atom stereocenters. The van der Waals surface area contributed by atoms with Crippen molar-refractivity contribution in [1.82, 2.24) is 29.9 Å². The maximum atomic E-state index is 13.4. The molecule has 14 heteroatoms. The zero-order valence-corrected chi connectivity index (χ0v) is 16.1. The fraction of sp³-hybridized carbons (Fsp3) is 0. The van der Waals surface area contributed by atoms with Crippen LogP contribution in [0, 0.1) is 11.6 Å². The van der Waals surface area contributed by atoms with E-state index in [4.69, 9.17) is 46.4 Å². The van der Waals surface area contributed by atoms with Crippen molar-refractivity contribution in [3.63, 3.8) is 0 Å². The highest BCUT2D eigenvalue weighted by molar-refractivity contribution is 6.36. The van der Waals surface area contributed by atoms with Crippen LogP contribution in [-0.4, -0.2) is 29.9 Å². The minimum atomic E-state index is -0.910. The third-order valence-electron chi connectivity index (χ3n) is 3.26. The monoisotopic (exact) mass is 466 g/mol. The number of hydrogen-bond acceptors (Lipinski definition) is 6. The second-order valence-corrected chi connectivity index (χ2v) is 6.38. The number of halogens is 6. The molecule has 0 aromatic carbocycles. The maximum Gasteiger partial charge on any atom is 0.326 e. The highest BCUT2D eigenvalue weighted by Gasteiger charge is 2.13. The van der Waals surface area contributed by atoms with Crippen LogP contribution < -0.4 is 11.2 Å². The van der Waals surface area contributed by atoms with Gasteiger partial charge >= 0.3 is 5.69 Å². The van der Waals surface area contributed by atoms with Crippen molar-refractivity contribution in [2.45, 2.75) is 0 Å². The molecule has 4 rings (SSSR count). The van der Waals surface area contributed by atoms with E-state index in [0.717, 1.165) is 6.20 Å². The maximum absolute atomic E-state index is 13.4. The number of aromatic amines is 2. The lowest BCUT2D eigenvalue weighted by atomic mass is 10.3. The van der Waals surface area contributed by atoms with Crippen molar-refractivity contribution < 1.29 is 8.78 Å². The summed E-state index contributed by atoms with van der Waals surface area (Å²) in [5.74, 6) is -1.66. The number of nitrogens with zero attached hydrogens (tertiary/aromatic N) is 4. The summed E-state index contributed by atoms with van der Waals surface area (Å²) in [7, 11) is 0. The van der Waals surface area contributed by atoms with E-state index in [2.05, 4.69) is 24.9 Å². The van der Waals surface area contributed by atoms with Crippen molar-refractivity contribution >= 4 is 68.2 Å². The van der Waals surface area contributed by atoms with Gasteiger partial charge in [0.2, 0.25) is 5.28 Å². The molecule has 0 bridgehead atoms. The lowest BCUT2D eigenvalue weighted by Gasteiger charge is -2.01. The first-order chi connectivity index (χ1) is 13.2. The molecule has 0 saturated heterocycles. The quantitative estimate of drug-likeness (QED) is 0.232. The van der Waals surface area contributed by atoms with Crippen LogP contribution in [0.15, 0.2) is 22.0 Å². The minimum absolute atomic E-state index is 0.0324. The number of fused-ring (bicyclic) bond motifs is 2. The Hall–Kier alpha value is -2.40. The summed E-state index contributed by atoms with van der Waals surface area (Å²) >= 11 is 22.0. The van der Waals surface area contributed by atoms with E-state index >= 15 is 0 Å². The Morgan fingerprint density at radius 2 is 1.39 bits per heavy atom. The van der Waals surface area contributed by atoms with Gasteiger partial charge in [0.1, 0.15) is 10.7 Å². The molecular formula is C14H4Cl4F2N6O2. The van der Waals surface area contributed by atoms with Gasteiger partial charge in [0.15, 0.2) is 21.9 Å². The summed E-state index contributed by atoms with van der Waals surface area (Å²) in [6.45, 7) is 0. The molecule has 0 spiro atoms. The van der Waals surface area contributed by atoms with Gasteiger partial charge in [-0.1, -0.05) is 34.8 Å². The van der Waals surface area contributed by atoms with Gasteiger partial charge < -0.3 is 4.98 Å². The Labute approximate surface area is 172 Å². The highest BCUT2D eigenvalue weighted by atomic mass is 35.5. The second-order valence-electron chi connectivity index (χ2n) is 4.97. The molecule has 28 heavy (non-hydrogen) atoms. The van der Waals surface area contributed by atoms with Crippen molar-refractivity contribution in [3.05, 3.63) is 65.6 Å². The van der Waals surface area contributed by atoms with Crippen molar-refractivity contribution in [2.24, 2.45) is 0 Å². The average molecular weight is 468 g/mol. The van der Waals surface area contributed by atoms with Gasteiger partial charge in [-0.3, -0.25) is 9.78 Å². The van der Waals surface area contributed by atoms with Gasteiger partial charge in [0.05, 0.1) is 16.3 Å². The van der Waals surface area contributed by atoms with Crippen LogP contribution in [0.25, 0.3) is 21.8 Å². The van der Waals surface area contributed by atoms with Gasteiger partial charge in [-0.15, -0.1) is 0 Å². The zero-order valence-electron chi connectivity index (χ0n) is 13.0. The van der Waals surface area contributed by atoms with Gasteiger partial charge in [-0.2, -0.15) is 0 Å². The summed E-state index contributed by atoms with van der Waals surface area (Å²) in [5.41, 5.74) is -1.76. The van der Waals surface area contributed by atoms with Gasteiger partial charge in [-0.25, -0.2) is 33.5 Å². The largest absolute Gasteiger partial charge is 0.326 e. The van der Waals surface area contributed by atoms with Crippen LogP contribution >= 0.6 is 46.4 Å². The SMILES string of the molecule is Fc1c(Cl)ncc2c(Cl)nc(Cl)nc12.O=c1[nH]c(=O)c2cnc(Cl)c(F)c2[nH]1. The normalized spacial score (nSPS) is 10.8. The Kier molecular flexibility index (Phi) is 5.75. The lowest BCUT2D eigenvalue weighted by Crippen LogP contribution is -2.22. The molecule has 0 aliphatic rings. The lowest BCUT2D eigenvalue weighted by molar-refractivity contribution is 0.630. The third-order valence-corrected chi connectivity index (χ3v) is 4.24. The fourth-order valence-corrected chi connectivity index (χ4v) is 2.76. The van der Waals surface area contributed by atoms with E-state index < -0.39 is 28.0 Å². The molecule has 0 fully saturated rings. The molecule has 0 amide bonds. The summed E-state index contributed by atoms with van der Waals surface area (Å²) < 4.78 is 26.6. The molecule has 0 saturated carbocycles. The van der Waals surface area contributed by atoms with E-state index in [1.165, 1.54) is 6.20 Å². The number of aromatic nitrogens is 6. The van der Waals surface area contributed by atoms with Crippen molar-refractivity contribution in [3.8, 4) is 0 Å². The van der Waals surface area contributed by atoms with Crippen LogP contribution in [0.2, 0.25) is 20.7 Å². The Morgan fingerprint density at radius 3 is 2.07 bits per heavy atom. The van der Waals surface area contributed by atoms with E-state index in [1.54, 1.807) is 0 Å². The molecule has 0 atom stereocenters. The van der Waals surface area contributed by atoms with Crippen LogP contribution in [0.1, 0.15) is 0 Å². The van der Waals surface area contributed by atoms with E-state index in [1.807, 2.05) is 4.98 Å². The zero-order chi connectivity index (χ0) is 20.6. The van der Waals surface area contributed by atoms with Crippen molar-refractivity contribution in [2.75, 3.05) is 0 Å². The predicted molar refractivity (Wildman–Crippen MR) is 100 cm³/mol. The number of nitrogens with one attached hydrogen (secondary N) is 2. The molecule has 0 radical (unpaired) electrons. The molecular weight excluding hydrogens is 464 g/mol. The average Bonchev–Trinajstić information content (AvgIpc) is 2.62. The first kappa shape index (κ1) is 20.3. The topological polar surface area (TPSA) is 117 Å². The summed E-state index contributed by atoms with van der Waals surface area (Å²) in [5, 5.41) is -0.529.